The lowest BCUT2D eigenvalue weighted by atomic mass is 9.88. The molecule has 0 heterocycles. The molecule has 15 heavy (non-hydrogen) atoms. The topological polar surface area (TPSA) is 32.3 Å². The quantitative estimate of drug-likeness (QED) is 0.863. The molecular weight excluding hydrogens is 254 g/mol. The Kier molecular flexibility index (Phi) is 4.77. The monoisotopic (exact) mass is 271 g/mol. The van der Waals surface area contributed by atoms with E-state index in [2.05, 4.69) is 35.1 Å². The summed E-state index contributed by atoms with van der Waals surface area (Å²) in [6, 6.07) is 8.11. The minimum absolute atomic E-state index is 0.124. The van der Waals surface area contributed by atoms with Crippen molar-refractivity contribution in [2.45, 2.75) is 25.8 Å². The van der Waals surface area contributed by atoms with Gasteiger partial charge in [-0.2, -0.15) is 0 Å². The van der Waals surface area contributed by atoms with Crippen LogP contribution in [-0.4, -0.2) is 18.3 Å². The molecule has 1 aromatic carbocycles. The summed E-state index contributed by atoms with van der Waals surface area (Å²) in [5, 5.41) is 12.9. The highest BCUT2D eigenvalue weighted by atomic mass is 79.9. The van der Waals surface area contributed by atoms with E-state index in [0.717, 1.165) is 23.0 Å². The molecular formula is C12H18BrNO. The highest BCUT2D eigenvalue weighted by Gasteiger charge is 2.27. The number of hydrogen-bond acceptors (Lipinski definition) is 2. The van der Waals surface area contributed by atoms with E-state index in [1.54, 1.807) is 0 Å². The lowest BCUT2D eigenvalue weighted by molar-refractivity contribution is 0.157. The molecule has 0 aliphatic carbocycles. The summed E-state index contributed by atoms with van der Waals surface area (Å²) < 4.78 is 1.06. The van der Waals surface area contributed by atoms with Crippen LogP contribution in [0.4, 0.5) is 0 Å². The van der Waals surface area contributed by atoms with E-state index in [4.69, 9.17) is 0 Å². The van der Waals surface area contributed by atoms with E-state index in [9.17, 15) is 5.11 Å². The molecule has 0 aromatic heterocycles. The van der Waals surface area contributed by atoms with Crippen LogP contribution >= 0.6 is 15.9 Å². The fourth-order valence-corrected chi connectivity index (χ4v) is 2.06. The molecule has 0 saturated carbocycles. The van der Waals surface area contributed by atoms with Crippen molar-refractivity contribution in [2.24, 2.45) is 0 Å². The molecule has 2 nitrogen and oxygen atoms in total. The molecule has 0 bridgehead atoms. The third-order valence-electron chi connectivity index (χ3n) is 2.79. The first-order valence-corrected chi connectivity index (χ1v) is 6.09. The van der Waals surface area contributed by atoms with Crippen LogP contribution in [0.15, 0.2) is 28.7 Å². The van der Waals surface area contributed by atoms with Gasteiger partial charge in [-0.1, -0.05) is 41.9 Å². The van der Waals surface area contributed by atoms with Crippen LogP contribution < -0.4 is 5.32 Å². The molecule has 0 aliphatic heterocycles. The van der Waals surface area contributed by atoms with Gasteiger partial charge in [0.2, 0.25) is 0 Å². The van der Waals surface area contributed by atoms with Gasteiger partial charge in [0, 0.05) is 4.47 Å². The van der Waals surface area contributed by atoms with Gasteiger partial charge < -0.3 is 10.4 Å². The number of aliphatic hydroxyl groups is 1. The molecule has 1 aromatic rings. The second-order valence-corrected chi connectivity index (χ2v) is 4.55. The van der Waals surface area contributed by atoms with Gasteiger partial charge in [-0.25, -0.2) is 0 Å². The van der Waals surface area contributed by atoms with Crippen LogP contribution in [0.25, 0.3) is 0 Å². The van der Waals surface area contributed by atoms with Crippen LogP contribution in [0.1, 0.15) is 25.8 Å². The molecule has 2 N–H and O–H groups in total. The third-order valence-corrected chi connectivity index (χ3v) is 3.31. The number of benzene rings is 1. The highest BCUT2D eigenvalue weighted by Crippen LogP contribution is 2.25. The summed E-state index contributed by atoms with van der Waals surface area (Å²) in [6.45, 7) is 5.11. The fourth-order valence-electron chi connectivity index (χ4n) is 1.80. The van der Waals surface area contributed by atoms with Crippen LogP contribution in [0, 0.1) is 0 Å². The number of nitrogens with one attached hydrogen (secondary N) is 1. The summed E-state index contributed by atoms with van der Waals surface area (Å²) in [6.07, 6.45) is 0.874. The molecule has 3 heteroatoms. The number of rotatable bonds is 5. The van der Waals surface area contributed by atoms with Gasteiger partial charge in [-0.05, 0) is 30.7 Å². The summed E-state index contributed by atoms with van der Waals surface area (Å²) in [5.74, 6) is 0. The summed E-state index contributed by atoms with van der Waals surface area (Å²) >= 11 is 3.41. The van der Waals surface area contributed by atoms with Crippen LogP contribution in [0.3, 0.4) is 0 Å². The van der Waals surface area contributed by atoms with Gasteiger partial charge in [-0.3, -0.25) is 0 Å². The van der Waals surface area contributed by atoms with E-state index in [1.165, 1.54) is 0 Å². The second-order valence-electron chi connectivity index (χ2n) is 3.63. The first-order valence-electron chi connectivity index (χ1n) is 5.30. The van der Waals surface area contributed by atoms with E-state index >= 15 is 0 Å². The standard InChI is InChI=1S/C12H18BrNO/c1-3-12(9-15,14-4-2)10-5-7-11(13)8-6-10/h5-8,14-15H,3-4,9H2,1-2H3. The Morgan fingerprint density at radius 1 is 1.27 bits per heavy atom. The first-order chi connectivity index (χ1) is 7.18. The SMILES string of the molecule is CCNC(CC)(CO)c1ccc(Br)cc1. The van der Waals surface area contributed by atoms with Gasteiger partial charge in [0.15, 0.2) is 0 Å². The summed E-state index contributed by atoms with van der Waals surface area (Å²) in [5.41, 5.74) is 0.840. The van der Waals surface area contributed by atoms with E-state index < -0.39 is 0 Å². The molecule has 1 unspecified atom stereocenters. The average Bonchev–Trinajstić information content (AvgIpc) is 2.27. The van der Waals surface area contributed by atoms with Crippen molar-refractivity contribution >= 4 is 15.9 Å². The van der Waals surface area contributed by atoms with Crippen molar-refractivity contribution < 1.29 is 5.11 Å². The molecule has 1 atom stereocenters. The van der Waals surface area contributed by atoms with Gasteiger partial charge in [-0.15, -0.1) is 0 Å². The zero-order valence-corrected chi connectivity index (χ0v) is 10.8. The van der Waals surface area contributed by atoms with Crippen LogP contribution in [0.5, 0.6) is 0 Å². The fraction of sp³-hybridized carbons (Fsp3) is 0.500. The second kappa shape index (κ2) is 5.64. The molecule has 0 radical (unpaired) electrons. The molecule has 0 aliphatic rings. The molecule has 0 fully saturated rings. The van der Waals surface area contributed by atoms with Gasteiger partial charge in [0.1, 0.15) is 0 Å². The first kappa shape index (κ1) is 12.7. The van der Waals surface area contributed by atoms with E-state index in [0.29, 0.717) is 0 Å². The minimum Gasteiger partial charge on any atom is -0.394 e. The molecule has 0 spiro atoms. The van der Waals surface area contributed by atoms with Crippen molar-refractivity contribution in [2.75, 3.05) is 13.2 Å². The van der Waals surface area contributed by atoms with E-state index in [1.807, 2.05) is 24.3 Å². The minimum atomic E-state index is -0.296. The Balaban J connectivity index is 3.02. The van der Waals surface area contributed by atoms with Gasteiger partial charge in [0.05, 0.1) is 12.1 Å². The number of hydrogen-bond donors (Lipinski definition) is 2. The Morgan fingerprint density at radius 2 is 1.87 bits per heavy atom. The highest BCUT2D eigenvalue weighted by molar-refractivity contribution is 9.10. The summed E-state index contributed by atoms with van der Waals surface area (Å²) in [4.78, 5) is 0. The smallest absolute Gasteiger partial charge is 0.0666 e. The molecule has 0 saturated heterocycles. The van der Waals surface area contributed by atoms with Crippen molar-refractivity contribution in [3.05, 3.63) is 34.3 Å². The zero-order valence-electron chi connectivity index (χ0n) is 9.26. The van der Waals surface area contributed by atoms with Crippen molar-refractivity contribution in [1.82, 2.24) is 5.32 Å². The van der Waals surface area contributed by atoms with Crippen LogP contribution in [-0.2, 0) is 5.54 Å². The zero-order chi connectivity index (χ0) is 11.3. The Bertz CT molecular complexity index is 293. The molecule has 0 amide bonds. The van der Waals surface area contributed by atoms with Crippen molar-refractivity contribution in [3.63, 3.8) is 0 Å². The molecule has 84 valence electrons. The number of likely N-dealkylation sites (N-methyl/N-ethyl adjacent to an activating group) is 1. The van der Waals surface area contributed by atoms with Crippen LogP contribution in [0.2, 0.25) is 0 Å². The Morgan fingerprint density at radius 3 is 2.27 bits per heavy atom. The molecule has 1 rings (SSSR count). The van der Waals surface area contributed by atoms with Crippen molar-refractivity contribution in [1.29, 1.82) is 0 Å². The Labute approximate surface area is 99.8 Å². The summed E-state index contributed by atoms with van der Waals surface area (Å²) in [7, 11) is 0. The number of halogens is 1. The van der Waals surface area contributed by atoms with Crippen molar-refractivity contribution in [3.8, 4) is 0 Å². The largest absolute Gasteiger partial charge is 0.394 e. The predicted octanol–water partition coefficient (Wildman–Crippen LogP) is 2.66. The normalized spacial score (nSPS) is 14.9. The van der Waals surface area contributed by atoms with Gasteiger partial charge in [0.25, 0.3) is 0 Å². The maximum absolute atomic E-state index is 9.56. The predicted molar refractivity (Wildman–Crippen MR) is 66.9 cm³/mol. The maximum atomic E-state index is 9.56. The van der Waals surface area contributed by atoms with Gasteiger partial charge >= 0.3 is 0 Å². The average molecular weight is 272 g/mol. The third kappa shape index (κ3) is 2.80. The number of aliphatic hydroxyl groups excluding tert-OH is 1. The lowest BCUT2D eigenvalue weighted by Crippen LogP contribution is -2.45. The maximum Gasteiger partial charge on any atom is 0.0666 e. The Hall–Kier alpha value is -0.380. The van der Waals surface area contributed by atoms with E-state index in [-0.39, 0.29) is 12.1 Å². The lowest BCUT2D eigenvalue weighted by Gasteiger charge is -2.32.